The zero-order chi connectivity index (χ0) is 12.1. The van der Waals surface area contributed by atoms with Gasteiger partial charge in [-0.25, -0.2) is 0 Å². The Kier molecular flexibility index (Phi) is 4.86. The minimum absolute atomic E-state index is 0.353. The van der Waals surface area contributed by atoms with Gasteiger partial charge in [0.1, 0.15) is 5.75 Å². The van der Waals surface area contributed by atoms with Gasteiger partial charge >= 0.3 is 0 Å². The standard InChI is InChI=1S/C14H20BrNO/c15-9-1-3-13-4-2-10-16(13)11-12-5-7-14(17)8-6-12/h5-8,13,17H,1-4,9-11H2. The molecule has 94 valence electrons. The highest BCUT2D eigenvalue weighted by Gasteiger charge is 2.23. The summed E-state index contributed by atoms with van der Waals surface area (Å²) in [6.07, 6.45) is 5.22. The molecule has 1 N–H and O–H groups in total. The van der Waals surface area contributed by atoms with E-state index in [0.717, 1.165) is 17.9 Å². The van der Waals surface area contributed by atoms with Gasteiger partial charge < -0.3 is 5.11 Å². The summed E-state index contributed by atoms with van der Waals surface area (Å²) in [4.78, 5) is 2.58. The van der Waals surface area contributed by atoms with E-state index in [1.807, 2.05) is 12.1 Å². The molecule has 1 heterocycles. The number of hydrogen-bond acceptors (Lipinski definition) is 2. The molecule has 1 saturated heterocycles. The Morgan fingerprint density at radius 3 is 2.76 bits per heavy atom. The molecular formula is C14H20BrNO. The number of phenolic OH excluding ortho intramolecular Hbond substituents is 1. The monoisotopic (exact) mass is 297 g/mol. The molecule has 0 spiro atoms. The highest BCUT2D eigenvalue weighted by molar-refractivity contribution is 9.09. The van der Waals surface area contributed by atoms with Crippen LogP contribution < -0.4 is 0 Å². The van der Waals surface area contributed by atoms with E-state index in [-0.39, 0.29) is 0 Å². The van der Waals surface area contributed by atoms with Gasteiger partial charge in [0.05, 0.1) is 0 Å². The van der Waals surface area contributed by atoms with Gasteiger partial charge in [-0.15, -0.1) is 0 Å². The quantitative estimate of drug-likeness (QED) is 0.841. The fourth-order valence-electron chi connectivity index (χ4n) is 2.58. The fraction of sp³-hybridized carbons (Fsp3) is 0.571. The molecule has 2 rings (SSSR count). The first-order valence-corrected chi connectivity index (χ1v) is 7.49. The van der Waals surface area contributed by atoms with Gasteiger partial charge in [-0.1, -0.05) is 28.1 Å². The average Bonchev–Trinajstić information content (AvgIpc) is 2.77. The first-order valence-electron chi connectivity index (χ1n) is 6.37. The minimum atomic E-state index is 0.353. The summed E-state index contributed by atoms with van der Waals surface area (Å²) >= 11 is 3.51. The van der Waals surface area contributed by atoms with E-state index < -0.39 is 0 Å². The van der Waals surface area contributed by atoms with Gasteiger partial charge in [0, 0.05) is 17.9 Å². The average molecular weight is 298 g/mol. The summed E-state index contributed by atoms with van der Waals surface area (Å²) in [6.45, 7) is 2.24. The predicted octanol–water partition coefficient (Wildman–Crippen LogP) is 3.53. The van der Waals surface area contributed by atoms with Crippen LogP contribution in [-0.4, -0.2) is 27.9 Å². The number of likely N-dealkylation sites (tertiary alicyclic amines) is 1. The van der Waals surface area contributed by atoms with Crippen LogP contribution in [0.15, 0.2) is 24.3 Å². The second-order valence-corrected chi connectivity index (χ2v) is 5.56. The van der Waals surface area contributed by atoms with Crippen molar-refractivity contribution in [1.82, 2.24) is 4.90 Å². The summed E-state index contributed by atoms with van der Waals surface area (Å²) in [7, 11) is 0. The second kappa shape index (κ2) is 6.41. The molecule has 0 aliphatic carbocycles. The van der Waals surface area contributed by atoms with Crippen molar-refractivity contribution in [2.75, 3.05) is 11.9 Å². The number of phenols is 1. The number of hydrogen-bond donors (Lipinski definition) is 1. The maximum absolute atomic E-state index is 9.27. The molecule has 0 radical (unpaired) electrons. The topological polar surface area (TPSA) is 23.5 Å². The van der Waals surface area contributed by atoms with Crippen LogP contribution in [0, 0.1) is 0 Å². The van der Waals surface area contributed by atoms with Gasteiger partial charge in [-0.3, -0.25) is 4.90 Å². The van der Waals surface area contributed by atoms with Gasteiger partial charge in [-0.05, 0) is 49.9 Å². The van der Waals surface area contributed by atoms with E-state index >= 15 is 0 Å². The lowest BCUT2D eigenvalue weighted by Crippen LogP contribution is -2.28. The lowest BCUT2D eigenvalue weighted by atomic mass is 10.1. The van der Waals surface area contributed by atoms with Crippen molar-refractivity contribution < 1.29 is 5.11 Å². The van der Waals surface area contributed by atoms with Gasteiger partial charge in [0.25, 0.3) is 0 Å². The number of nitrogens with zero attached hydrogens (tertiary/aromatic N) is 1. The van der Waals surface area contributed by atoms with Crippen LogP contribution in [0.1, 0.15) is 31.2 Å². The summed E-state index contributed by atoms with van der Waals surface area (Å²) in [5.74, 6) is 0.353. The highest BCUT2D eigenvalue weighted by atomic mass is 79.9. The highest BCUT2D eigenvalue weighted by Crippen LogP contribution is 2.24. The molecule has 0 bridgehead atoms. The fourth-order valence-corrected chi connectivity index (χ4v) is 2.90. The van der Waals surface area contributed by atoms with Crippen molar-refractivity contribution in [3.8, 4) is 5.75 Å². The number of alkyl halides is 1. The van der Waals surface area contributed by atoms with Crippen LogP contribution in [-0.2, 0) is 6.54 Å². The van der Waals surface area contributed by atoms with Gasteiger partial charge in [0.15, 0.2) is 0 Å². The molecular weight excluding hydrogens is 278 g/mol. The normalized spacial score (nSPS) is 20.9. The van der Waals surface area contributed by atoms with E-state index in [4.69, 9.17) is 0 Å². The third-order valence-corrected chi connectivity index (χ3v) is 4.05. The Labute approximate surface area is 112 Å². The minimum Gasteiger partial charge on any atom is -0.508 e. The van der Waals surface area contributed by atoms with E-state index in [2.05, 4.69) is 20.8 Å². The van der Waals surface area contributed by atoms with E-state index in [0.29, 0.717) is 5.75 Å². The van der Waals surface area contributed by atoms with Gasteiger partial charge in [0.2, 0.25) is 0 Å². The molecule has 1 aromatic carbocycles. The molecule has 1 unspecified atom stereocenters. The molecule has 1 aliphatic rings. The molecule has 1 aliphatic heterocycles. The van der Waals surface area contributed by atoms with Crippen LogP contribution in [0.3, 0.4) is 0 Å². The third-order valence-electron chi connectivity index (χ3n) is 3.49. The lowest BCUT2D eigenvalue weighted by molar-refractivity contribution is 0.234. The van der Waals surface area contributed by atoms with Crippen LogP contribution in [0.5, 0.6) is 5.75 Å². The third kappa shape index (κ3) is 3.71. The molecule has 0 saturated carbocycles. The number of halogens is 1. The summed E-state index contributed by atoms with van der Waals surface area (Å²) in [6, 6.07) is 8.35. The first kappa shape index (κ1) is 12.9. The number of benzene rings is 1. The second-order valence-electron chi connectivity index (χ2n) is 4.76. The van der Waals surface area contributed by atoms with Crippen molar-refractivity contribution >= 4 is 15.9 Å². The molecule has 0 aromatic heterocycles. The Bertz CT molecular complexity index is 339. The molecule has 1 atom stereocenters. The Morgan fingerprint density at radius 1 is 1.29 bits per heavy atom. The van der Waals surface area contributed by atoms with Crippen molar-refractivity contribution in [3.05, 3.63) is 29.8 Å². The van der Waals surface area contributed by atoms with Gasteiger partial charge in [-0.2, -0.15) is 0 Å². The Hall–Kier alpha value is -0.540. The lowest BCUT2D eigenvalue weighted by Gasteiger charge is -2.24. The maximum Gasteiger partial charge on any atom is 0.115 e. The molecule has 3 heteroatoms. The Balaban J connectivity index is 1.90. The van der Waals surface area contributed by atoms with Crippen molar-refractivity contribution in [3.63, 3.8) is 0 Å². The predicted molar refractivity (Wildman–Crippen MR) is 74.6 cm³/mol. The molecule has 0 amide bonds. The van der Waals surface area contributed by atoms with E-state index in [9.17, 15) is 5.11 Å². The zero-order valence-corrected chi connectivity index (χ0v) is 11.7. The number of rotatable bonds is 5. The SMILES string of the molecule is Oc1ccc(CN2CCCC2CCCBr)cc1. The van der Waals surface area contributed by atoms with Crippen LogP contribution in [0.2, 0.25) is 0 Å². The maximum atomic E-state index is 9.27. The van der Waals surface area contributed by atoms with E-state index in [1.54, 1.807) is 12.1 Å². The Morgan fingerprint density at radius 2 is 2.06 bits per heavy atom. The molecule has 1 aromatic rings. The van der Waals surface area contributed by atoms with Crippen LogP contribution in [0.25, 0.3) is 0 Å². The first-order chi connectivity index (χ1) is 8.29. The molecule has 2 nitrogen and oxygen atoms in total. The summed E-state index contributed by atoms with van der Waals surface area (Å²) in [5.41, 5.74) is 1.30. The van der Waals surface area contributed by atoms with Crippen LogP contribution >= 0.6 is 15.9 Å². The smallest absolute Gasteiger partial charge is 0.115 e. The molecule has 17 heavy (non-hydrogen) atoms. The summed E-state index contributed by atoms with van der Waals surface area (Å²) in [5, 5.41) is 10.4. The zero-order valence-electron chi connectivity index (χ0n) is 10.1. The van der Waals surface area contributed by atoms with Crippen LogP contribution in [0.4, 0.5) is 0 Å². The summed E-state index contributed by atoms with van der Waals surface area (Å²) < 4.78 is 0. The van der Waals surface area contributed by atoms with Crippen molar-refractivity contribution in [1.29, 1.82) is 0 Å². The van der Waals surface area contributed by atoms with E-state index in [1.165, 1.54) is 37.8 Å². The largest absolute Gasteiger partial charge is 0.508 e. The van der Waals surface area contributed by atoms with Crippen molar-refractivity contribution in [2.45, 2.75) is 38.3 Å². The number of aromatic hydroxyl groups is 1. The molecule has 1 fully saturated rings. The van der Waals surface area contributed by atoms with Crippen molar-refractivity contribution in [2.24, 2.45) is 0 Å².